The second kappa shape index (κ2) is 9.49. The van der Waals surface area contributed by atoms with Gasteiger partial charge in [0.15, 0.2) is 11.5 Å². The molecule has 2 aromatic rings. The minimum Gasteiger partial charge on any atom is -0.493 e. The van der Waals surface area contributed by atoms with Crippen LogP contribution in [0.2, 0.25) is 0 Å². The Balaban J connectivity index is 1.50. The lowest BCUT2D eigenvalue weighted by molar-refractivity contribution is -0.122. The number of benzene rings is 2. The standard InChI is InChI=1S/C23H29NO4/c1-4-26-20-8-5-6-9-21(20)27-12-7-10-22(25)24-19-11-13-28-23-17(3)14-16(2)15-18(19)23/h5-6,8-9,14-15,19H,4,7,10-13H2,1-3H3,(H,24,25). The molecule has 0 aromatic heterocycles. The molecular weight excluding hydrogens is 354 g/mol. The third-order valence-electron chi connectivity index (χ3n) is 4.77. The van der Waals surface area contributed by atoms with Gasteiger partial charge in [-0.25, -0.2) is 0 Å². The molecule has 0 radical (unpaired) electrons. The van der Waals surface area contributed by atoms with Crippen LogP contribution in [0.25, 0.3) is 0 Å². The molecule has 0 spiro atoms. The molecular formula is C23H29NO4. The zero-order chi connectivity index (χ0) is 19.9. The normalized spacial score (nSPS) is 15.3. The Labute approximate surface area is 167 Å². The fraction of sp³-hybridized carbons (Fsp3) is 0.435. The first-order valence-corrected chi connectivity index (χ1v) is 9.96. The summed E-state index contributed by atoms with van der Waals surface area (Å²) in [5, 5.41) is 3.16. The van der Waals surface area contributed by atoms with E-state index in [1.807, 2.05) is 38.1 Å². The second-order valence-corrected chi connectivity index (χ2v) is 7.09. The van der Waals surface area contributed by atoms with Gasteiger partial charge in [0.1, 0.15) is 5.75 Å². The zero-order valence-electron chi connectivity index (χ0n) is 16.9. The summed E-state index contributed by atoms with van der Waals surface area (Å²) >= 11 is 0. The van der Waals surface area contributed by atoms with E-state index in [2.05, 4.69) is 24.4 Å². The van der Waals surface area contributed by atoms with Crippen molar-refractivity contribution in [3.8, 4) is 17.2 Å². The number of carbonyl (C=O) groups is 1. The Hall–Kier alpha value is -2.69. The van der Waals surface area contributed by atoms with Gasteiger partial charge in [-0.15, -0.1) is 0 Å². The third kappa shape index (κ3) is 4.97. The molecule has 0 aliphatic carbocycles. The maximum Gasteiger partial charge on any atom is 0.220 e. The molecule has 0 bridgehead atoms. The van der Waals surface area contributed by atoms with Gasteiger partial charge in [-0.1, -0.05) is 29.8 Å². The summed E-state index contributed by atoms with van der Waals surface area (Å²) in [6.45, 7) is 7.75. The number of nitrogens with one attached hydrogen (secondary N) is 1. The average molecular weight is 383 g/mol. The molecule has 2 aromatic carbocycles. The molecule has 0 saturated heterocycles. The van der Waals surface area contributed by atoms with Gasteiger partial charge in [0.2, 0.25) is 5.91 Å². The van der Waals surface area contributed by atoms with Crippen molar-refractivity contribution >= 4 is 5.91 Å². The Kier molecular flexibility index (Phi) is 6.80. The highest BCUT2D eigenvalue weighted by Gasteiger charge is 2.24. The molecule has 1 amide bonds. The number of amides is 1. The van der Waals surface area contributed by atoms with E-state index in [1.165, 1.54) is 5.56 Å². The van der Waals surface area contributed by atoms with Gasteiger partial charge < -0.3 is 19.5 Å². The minimum absolute atomic E-state index is 0.00875. The predicted octanol–water partition coefficient (Wildman–Crippen LogP) is 4.50. The highest BCUT2D eigenvalue weighted by Crippen LogP contribution is 2.35. The second-order valence-electron chi connectivity index (χ2n) is 7.09. The number of hydrogen-bond donors (Lipinski definition) is 1. The predicted molar refractivity (Wildman–Crippen MR) is 109 cm³/mol. The van der Waals surface area contributed by atoms with Gasteiger partial charge in [0.05, 0.1) is 25.9 Å². The first-order chi connectivity index (χ1) is 13.6. The van der Waals surface area contributed by atoms with Crippen LogP contribution in [0.4, 0.5) is 0 Å². The fourth-order valence-corrected chi connectivity index (χ4v) is 3.55. The van der Waals surface area contributed by atoms with Gasteiger partial charge in [-0.3, -0.25) is 4.79 Å². The maximum absolute atomic E-state index is 12.4. The molecule has 1 aliphatic heterocycles. The molecule has 3 rings (SSSR count). The van der Waals surface area contributed by atoms with Crippen molar-refractivity contribution in [2.45, 2.75) is 46.1 Å². The molecule has 150 valence electrons. The molecule has 0 fully saturated rings. The summed E-state index contributed by atoms with van der Waals surface area (Å²) in [5.41, 5.74) is 3.39. The van der Waals surface area contributed by atoms with Crippen molar-refractivity contribution < 1.29 is 19.0 Å². The van der Waals surface area contributed by atoms with Crippen molar-refractivity contribution in [3.63, 3.8) is 0 Å². The Morgan fingerprint density at radius 2 is 1.93 bits per heavy atom. The van der Waals surface area contributed by atoms with Gasteiger partial charge in [0.25, 0.3) is 0 Å². The van der Waals surface area contributed by atoms with E-state index in [0.29, 0.717) is 38.4 Å². The molecule has 1 atom stereocenters. The lowest BCUT2D eigenvalue weighted by atomic mass is 9.95. The number of carbonyl (C=O) groups excluding carboxylic acids is 1. The quantitative estimate of drug-likeness (QED) is 0.682. The Morgan fingerprint density at radius 1 is 1.18 bits per heavy atom. The molecule has 1 heterocycles. The molecule has 28 heavy (non-hydrogen) atoms. The van der Waals surface area contributed by atoms with Crippen molar-refractivity contribution in [2.24, 2.45) is 0 Å². The van der Waals surface area contributed by atoms with Crippen molar-refractivity contribution in [1.29, 1.82) is 0 Å². The van der Waals surface area contributed by atoms with Crippen LogP contribution in [-0.4, -0.2) is 25.7 Å². The van der Waals surface area contributed by atoms with E-state index in [-0.39, 0.29) is 11.9 Å². The number of aryl methyl sites for hydroxylation is 2. The van der Waals surface area contributed by atoms with Crippen LogP contribution >= 0.6 is 0 Å². The van der Waals surface area contributed by atoms with Crippen molar-refractivity contribution in [3.05, 3.63) is 53.1 Å². The lowest BCUT2D eigenvalue weighted by Gasteiger charge is -2.28. The van der Waals surface area contributed by atoms with Gasteiger partial charge in [-0.2, -0.15) is 0 Å². The van der Waals surface area contributed by atoms with Crippen LogP contribution in [0.15, 0.2) is 36.4 Å². The number of rotatable bonds is 8. The van der Waals surface area contributed by atoms with E-state index in [0.717, 1.165) is 29.0 Å². The molecule has 1 unspecified atom stereocenters. The van der Waals surface area contributed by atoms with Crippen LogP contribution in [0.5, 0.6) is 17.2 Å². The van der Waals surface area contributed by atoms with E-state index in [4.69, 9.17) is 14.2 Å². The van der Waals surface area contributed by atoms with Gasteiger partial charge >= 0.3 is 0 Å². The number of para-hydroxylation sites is 2. The number of ether oxygens (including phenoxy) is 3. The SMILES string of the molecule is CCOc1ccccc1OCCCC(=O)NC1CCOc2c(C)cc(C)cc21. The highest BCUT2D eigenvalue weighted by atomic mass is 16.5. The van der Waals surface area contributed by atoms with E-state index >= 15 is 0 Å². The first kappa shape index (κ1) is 20.1. The van der Waals surface area contributed by atoms with Gasteiger partial charge in [-0.05, 0) is 44.9 Å². The number of fused-ring (bicyclic) bond motifs is 1. The summed E-state index contributed by atoms with van der Waals surface area (Å²) in [5.74, 6) is 2.41. The average Bonchev–Trinajstić information content (AvgIpc) is 2.67. The van der Waals surface area contributed by atoms with Gasteiger partial charge in [0, 0.05) is 18.4 Å². The minimum atomic E-state index is 0.00875. The van der Waals surface area contributed by atoms with E-state index in [9.17, 15) is 4.79 Å². The highest BCUT2D eigenvalue weighted by molar-refractivity contribution is 5.76. The monoisotopic (exact) mass is 383 g/mol. The first-order valence-electron chi connectivity index (χ1n) is 9.96. The van der Waals surface area contributed by atoms with Crippen LogP contribution in [0, 0.1) is 13.8 Å². The molecule has 1 N–H and O–H groups in total. The van der Waals surface area contributed by atoms with Crippen LogP contribution in [0.1, 0.15) is 48.9 Å². The van der Waals surface area contributed by atoms with Crippen LogP contribution < -0.4 is 19.5 Å². The summed E-state index contributed by atoms with van der Waals surface area (Å²) < 4.78 is 17.2. The van der Waals surface area contributed by atoms with E-state index in [1.54, 1.807) is 0 Å². The van der Waals surface area contributed by atoms with E-state index < -0.39 is 0 Å². The summed E-state index contributed by atoms with van der Waals surface area (Å²) in [4.78, 5) is 12.4. The summed E-state index contributed by atoms with van der Waals surface area (Å²) in [6, 6.07) is 11.8. The molecule has 0 saturated carbocycles. The van der Waals surface area contributed by atoms with Crippen molar-refractivity contribution in [2.75, 3.05) is 19.8 Å². The van der Waals surface area contributed by atoms with Crippen molar-refractivity contribution in [1.82, 2.24) is 5.32 Å². The zero-order valence-corrected chi connectivity index (χ0v) is 16.9. The molecule has 5 heteroatoms. The summed E-state index contributed by atoms with van der Waals surface area (Å²) in [6.07, 6.45) is 1.86. The topological polar surface area (TPSA) is 56.8 Å². The molecule has 5 nitrogen and oxygen atoms in total. The van der Waals surface area contributed by atoms with Crippen LogP contribution in [-0.2, 0) is 4.79 Å². The third-order valence-corrected chi connectivity index (χ3v) is 4.77. The smallest absolute Gasteiger partial charge is 0.220 e. The lowest BCUT2D eigenvalue weighted by Crippen LogP contribution is -2.32. The largest absolute Gasteiger partial charge is 0.493 e. The van der Waals surface area contributed by atoms with Crippen LogP contribution in [0.3, 0.4) is 0 Å². The maximum atomic E-state index is 12.4. The number of hydrogen-bond acceptors (Lipinski definition) is 4. The Morgan fingerprint density at radius 3 is 2.68 bits per heavy atom. The molecule has 1 aliphatic rings. The summed E-state index contributed by atoms with van der Waals surface area (Å²) in [7, 11) is 0. The Bertz CT molecular complexity index is 818. The fourth-order valence-electron chi connectivity index (χ4n) is 3.55.